The van der Waals surface area contributed by atoms with Gasteiger partial charge in [0.2, 0.25) is 0 Å². The summed E-state index contributed by atoms with van der Waals surface area (Å²) in [5, 5.41) is 9.63. The summed E-state index contributed by atoms with van der Waals surface area (Å²) < 4.78 is 31.6. The van der Waals surface area contributed by atoms with Crippen LogP contribution in [0.15, 0.2) is 47.4 Å². The quantitative estimate of drug-likeness (QED) is 0.647. The van der Waals surface area contributed by atoms with Crippen molar-refractivity contribution in [3.8, 4) is 5.75 Å². The first-order chi connectivity index (χ1) is 10.9. The molecule has 0 spiro atoms. The fraction of sp³-hybridized carbons (Fsp3) is 0.188. The Hall–Kier alpha value is -2.54. The molecule has 0 radical (unpaired) electrons. The molecule has 0 heterocycles. The summed E-state index contributed by atoms with van der Waals surface area (Å²) in [5.41, 5.74) is 1.07. The molecule has 0 saturated heterocycles. The van der Waals surface area contributed by atoms with Crippen molar-refractivity contribution >= 4 is 21.7 Å². The highest BCUT2D eigenvalue weighted by Crippen LogP contribution is 2.24. The predicted octanol–water partition coefficient (Wildman–Crippen LogP) is 2.54. The van der Waals surface area contributed by atoms with Crippen molar-refractivity contribution in [2.45, 2.75) is 18.2 Å². The fourth-order valence-electron chi connectivity index (χ4n) is 1.99. The van der Waals surface area contributed by atoms with E-state index in [1.54, 1.807) is 12.1 Å². The Morgan fingerprint density at radius 3 is 2.39 bits per heavy atom. The van der Waals surface area contributed by atoms with Crippen LogP contribution in [-0.4, -0.2) is 26.6 Å². The molecular weight excluding hydrogens is 318 g/mol. The van der Waals surface area contributed by atoms with Crippen LogP contribution in [0.4, 0.5) is 5.69 Å². The van der Waals surface area contributed by atoms with Crippen LogP contribution in [0.2, 0.25) is 0 Å². The van der Waals surface area contributed by atoms with Crippen molar-refractivity contribution in [1.29, 1.82) is 0 Å². The smallest absolute Gasteiger partial charge is 0.341 e. The SMILES string of the molecule is CCc1ccc(S(=O)(=O)Nc2ccc(O)c(C(=O)OC)c2)cc1. The minimum atomic E-state index is -3.78. The topological polar surface area (TPSA) is 92.7 Å². The van der Waals surface area contributed by atoms with Gasteiger partial charge in [-0.1, -0.05) is 19.1 Å². The number of ether oxygens (including phenoxy) is 1. The number of phenols is 1. The van der Waals surface area contributed by atoms with E-state index in [1.807, 2.05) is 6.92 Å². The maximum Gasteiger partial charge on any atom is 0.341 e. The van der Waals surface area contributed by atoms with Gasteiger partial charge in [0.1, 0.15) is 11.3 Å². The molecule has 7 heteroatoms. The van der Waals surface area contributed by atoms with E-state index >= 15 is 0 Å². The number of sulfonamides is 1. The molecule has 6 nitrogen and oxygen atoms in total. The summed E-state index contributed by atoms with van der Waals surface area (Å²) in [6, 6.07) is 10.3. The number of anilines is 1. The summed E-state index contributed by atoms with van der Waals surface area (Å²) in [7, 11) is -2.61. The Bertz CT molecular complexity index is 813. The number of carbonyl (C=O) groups excluding carboxylic acids is 1. The van der Waals surface area contributed by atoms with Gasteiger partial charge in [-0.05, 0) is 42.3 Å². The van der Waals surface area contributed by atoms with Gasteiger partial charge in [0.25, 0.3) is 10.0 Å². The second kappa shape index (κ2) is 6.70. The summed E-state index contributed by atoms with van der Waals surface area (Å²) in [6.45, 7) is 1.98. The standard InChI is InChI=1S/C16H17NO5S/c1-3-11-4-7-13(8-5-11)23(20,21)17-12-6-9-15(18)14(10-12)16(19)22-2/h4-10,17-18H,3H2,1-2H3. The van der Waals surface area contributed by atoms with E-state index in [2.05, 4.69) is 9.46 Å². The van der Waals surface area contributed by atoms with Gasteiger partial charge in [-0.2, -0.15) is 0 Å². The summed E-state index contributed by atoms with van der Waals surface area (Å²) in [6.07, 6.45) is 0.814. The first-order valence-corrected chi connectivity index (χ1v) is 8.38. The number of hydrogen-bond donors (Lipinski definition) is 2. The van der Waals surface area contributed by atoms with Crippen molar-refractivity contribution in [2.24, 2.45) is 0 Å². The monoisotopic (exact) mass is 335 g/mol. The minimum Gasteiger partial charge on any atom is -0.507 e. The van der Waals surface area contributed by atoms with Crippen LogP contribution < -0.4 is 4.72 Å². The third-order valence-electron chi connectivity index (χ3n) is 3.30. The Morgan fingerprint density at radius 1 is 1.17 bits per heavy atom. The Labute approximate surface area is 134 Å². The number of aryl methyl sites for hydroxylation is 1. The van der Waals surface area contributed by atoms with Gasteiger partial charge in [-0.25, -0.2) is 13.2 Å². The molecule has 0 amide bonds. The molecular formula is C16H17NO5S. The van der Waals surface area contributed by atoms with Crippen LogP contribution in [0.5, 0.6) is 5.75 Å². The van der Waals surface area contributed by atoms with Gasteiger partial charge < -0.3 is 9.84 Å². The largest absolute Gasteiger partial charge is 0.507 e. The normalized spacial score (nSPS) is 11.0. The lowest BCUT2D eigenvalue weighted by Gasteiger charge is -2.10. The van der Waals surface area contributed by atoms with Crippen LogP contribution in [0.25, 0.3) is 0 Å². The van der Waals surface area contributed by atoms with Crippen LogP contribution in [-0.2, 0) is 21.2 Å². The van der Waals surface area contributed by atoms with Gasteiger partial charge in [-0.3, -0.25) is 4.72 Å². The maximum atomic E-state index is 12.3. The zero-order chi connectivity index (χ0) is 17.0. The van der Waals surface area contributed by atoms with Crippen molar-refractivity contribution in [2.75, 3.05) is 11.8 Å². The van der Waals surface area contributed by atoms with Crippen molar-refractivity contribution in [3.63, 3.8) is 0 Å². The Kier molecular flexibility index (Phi) is 4.90. The molecule has 0 atom stereocenters. The van der Waals surface area contributed by atoms with Crippen molar-refractivity contribution in [1.82, 2.24) is 0 Å². The van der Waals surface area contributed by atoms with Crippen molar-refractivity contribution < 1.29 is 23.1 Å². The zero-order valence-electron chi connectivity index (χ0n) is 12.7. The third kappa shape index (κ3) is 3.81. The highest BCUT2D eigenvalue weighted by molar-refractivity contribution is 7.92. The molecule has 0 aromatic heterocycles. The van der Waals surface area contributed by atoms with Crippen LogP contribution in [0.1, 0.15) is 22.8 Å². The lowest BCUT2D eigenvalue weighted by atomic mass is 10.2. The van der Waals surface area contributed by atoms with E-state index < -0.39 is 16.0 Å². The highest BCUT2D eigenvalue weighted by Gasteiger charge is 2.17. The first kappa shape index (κ1) is 16.8. The number of phenolic OH excluding ortho intramolecular Hbond substituents is 1. The third-order valence-corrected chi connectivity index (χ3v) is 4.69. The van der Waals surface area contributed by atoms with Crippen LogP contribution in [0.3, 0.4) is 0 Å². The zero-order valence-corrected chi connectivity index (χ0v) is 13.6. The molecule has 2 rings (SSSR count). The summed E-state index contributed by atoms with van der Waals surface area (Å²) in [4.78, 5) is 11.6. The fourth-order valence-corrected chi connectivity index (χ4v) is 3.04. The van der Waals surface area contributed by atoms with E-state index in [9.17, 15) is 18.3 Å². The summed E-state index contributed by atoms with van der Waals surface area (Å²) >= 11 is 0. The Morgan fingerprint density at radius 2 is 1.83 bits per heavy atom. The van der Waals surface area contributed by atoms with E-state index in [-0.39, 0.29) is 21.9 Å². The van der Waals surface area contributed by atoms with Gasteiger partial charge in [0.15, 0.2) is 0 Å². The molecule has 122 valence electrons. The molecule has 0 unspecified atom stereocenters. The number of methoxy groups -OCH3 is 1. The Balaban J connectivity index is 2.31. The highest BCUT2D eigenvalue weighted by atomic mass is 32.2. The number of hydrogen-bond acceptors (Lipinski definition) is 5. The van der Waals surface area contributed by atoms with Crippen LogP contribution in [0, 0.1) is 0 Å². The molecule has 2 N–H and O–H groups in total. The van der Waals surface area contributed by atoms with E-state index in [0.29, 0.717) is 0 Å². The van der Waals surface area contributed by atoms with Crippen LogP contribution >= 0.6 is 0 Å². The average Bonchev–Trinajstić information content (AvgIpc) is 2.55. The number of carbonyl (C=O) groups is 1. The van der Waals surface area contributed by atoms with Gasteiger partial charge >= 0.3 is 5.97 Å². The van der Waals surface area contributed by atoms with E-state index in [1.165, 1.54) is 37.4 Å². The molecule has 0 aliphatic carbocycles. The first-order valence-electron chi connectivity index (χ1n) is 6.90. The van der Waals surface area contributed by atoms with Crippen molar-refractivity contribution in [3.05, 3.63) is 53.6 Å². The molecule has 2 aromatic carbocycles. The molecule has 23 heavy (non-hydrogen) atoms. The number of aromatic hydroxyl groups is 1. The maximum absolute atomic E-state index is 12.3. The lowest BCUT2D eigenvalue weighted by molar-refractivity contribution is 0.0597. The molecule has 0 fully saturated rings. The second-order valence-corrected chi connectivity index (χ2v) is 6.51. The second-order valence-electron chi connectivity index (χ2n) is 4.83. The van der Waals surface area contributed by atoms with Gasteiger partial charge in [0.05, 0.1) is 12.0 Å². The van der Waals surface area contributed by atoms with Gasteiger partial charge in [0, 0.05) is 5.69 Å². The molecule has 0 saturated carbocycles. The lowest BCUT2D eigenvalue weighted by Crippen LogP contribution is -2.13. The summed E-state index contributed by atoms with van der Waals surface area (Å²) in [5.74, 6) is -1.04. The molecule has 0 aliphatic heterocycles. The number of nitrogens with one attached hydrogen (secondary N) is 1. The van der Waals surface area contributed by atoms with Gasteiger partial charge in [-0.15, -0.1) is 0 Å². The molecule has 2 aromatic rings. The number of esters is 1. The van der Waals surface area contributed by atoms with E-state index in [4.69, 9.17) is 0 Å². The molecule has 0 bridgehead atoms. The number of rotatable bonds is 5. The minimum absolute atomic E-state index is 0.113. The average molecular weight is 335 g/mol. The predicted molar refractivity (Wildman–Crippen MR) is 86.1 cm³/mol. The van der Waals surface area contributed by atoms with E-state index in [0.717, 1.165) is 12.0 Å². The number of benzene rings is 2. The molecule has 0 aliphatic rings.